The first-order valence-corrected chi connectivity index (χ1v) is 14.7. The Morgan fingerprint density at radius 2 is 0.667 bits per heavy atom. The lowest BCUT2D eigenvalue weighted by atomic mass is 10.1. The van der Waals surface area contributed by atoms with Crippen LogP contribution in [0.3, 0.4) is 0 Å². The molecule has 0 spiro atoms. The molecule has 296 valence electrons. The molecule has 0 bridgehead atoms. The van der Waals surface area contributed by atoms with Gasteiger partial charge in [-0.05, 0) is 47.5 Å². The van der Waals surface area contributed by atoms with Crippen LogP contribution in [0.4, 0.5) is 0 Å². The first kappa shape index (κ1) is 57.9. The van der Waals surface area contributed by atoms with Crippen molar-refractivity contribution in [3.8, 4) is 34.5 Å². The second-order valence-electron chi connectivity index (χ2n) is 9.29. The molecule has 2 aromatic carbocycles. The third kappa shape index (κ3) is 21.6. The largest absolute Gasteiger partial charge is 0.488 e. The van der Waals surface area contributed by atoms with Gasteiger partial charge in [0, 0.05) is 39.3 Å². The van der Waals surface area contributed by atoms with Crippen LogP contribution in [0.2, 0.25) is 0 Å². The number of hydrogen-bond donors (Lipinski definition) is 6. The van der Waals surface area contributed by atoms with Crippen LogP contribution >= 0.6 is 74.4 Å². The zero-order valence-electron chi connectivity index (χ0n) is 28.0. The Balaban J connectivity index is -0.00000118. The van der Waals surface area contributed by atoms with Crippen molar-refractivity contribution in [1.29, 1.82) is 0 Å². The molecule has 14 nitrogen and oxygen atoms in total. The third-order valence-electron chi connectivity index (χ3n) is 5.59. The van der Waals surface area contributed by atoms with Gasteiger partial charge >= 0.3 is 0 Å². The number of hydrogen-bond acceptors (Lipinski definition) is 14. The number of allylic oxidation sites excluding steroid dienone is 2. The second-order valence-corrected chi connectivity index (χ2v) is 9.29. The highest BCUT2D eigenvalue weighted by atomic mass is 35.5. The van der Waals surface area contributed by atoms with E-state index in [1.165, 1.54) is 12.2 Å². The van der Waals surface area contributed by atoms with Crippen molar-refractivity contribution >= 4 is 98.2 Å². The Labute approximate surface area is 336 Å². The molecule has 0 unspecified atom stereocenters. The maximum atomic E-state index is 12.7. The molecule has 0 aliphatic carbocycles. The van der Waals surface area contributed by atoms with E-state index in [1.54, 1.807) is 36.4 Å². The molecular weight excluding hydrogens is 797 g/mol. The molecule has 0 saturated carbocycles. The molecule has 0 saturated heterocycles. The van der Waals surface area contributed by atoms with Gasteiger partial charge in [-0.15, -0.1) is 74.4 Å². The lowest BCUT2D eigenvalue weighted by molar-refractivity contribution is -0.121. The number of carbonyl (C=O) groups excluding carboxylic acids is 2. The van der Waals surface area contributed by atoms with Gasteiger partial charge in [0.2, 0.25) is 11.5 Å². The first-order valence-electron chi connectivity index (χ1n) is 14.7. The quantitative estimate of drug-likeness (QED) is 0.0657. The molecule has 51 heavy (non-hydrogen) atoms. The first-order chi connectivity index (χ1) is 21.9. The number of ketones is 2. The summed E-state index contributed by atoms with van der Waals surface area (Å²) in [5.41, 5.74) is 34.8. The van der Waals surface area contributed by atoms with Crippen LogP contribution in [-0.2, 0) is 9.59 Å². The average Bonchev–Trinajstić information content (AvgIpc) is 3.04. The van der Waals surface area contributed by atoms with Gasteiger partial charge in [-0.1, -0.05) is 12.2 Å². The molecule has 0 amide bonds. The van der Waals surface area contributed by atoms with E-state index in [0.29, 0.717) is 45.6 Å². The normalized spacial score (nSPS) is 9.84. The van der Waals surface area contributed by atoms with Gasteiger partial charge in [0.1, 0.15) is 39.6 Å². The third-order valence-corrected chi connectivity index (χ3v) is 5.59. The molecule has 0 aliphatic rings. The van der Waals surface area contributed by atoms with Gasteiger partial charge in [0.15, 0.2) is 34.6 Å². The van der Waals surface area contributed by atoms with Gasteiger partial charge in [-0.2, -0.15) is 0 Å². The van der Waals surface area contributed by atoms with Crippen LogP contribution in [0.25, 0.3) is 12.2 Å². The lowest BCUT2D eigenvalue weighted by Gasteiger charge is -2.17. The number of benzene rings is 2. The SMILES string of the molecule is Cl.Cl.Cl.Cl.Cl.Cl.NCCOc1cc(/C=C/C(=O)CC(=O)/C=C/c2cc(OCCN)c(OCCN)c(OCCN)c2)cc(OCCN)c1OCCN. The molecule has 0 aromatic heterocycles. The predicted molar refractivity (Wildman–Crippen MR) is 216 cm³/mol. The molecule has 0 radical (unpaired) electrons. The van der Waals surface area contributed by atoms with E-state index >= 15 is 0 Å². The van der Waals surface area contributed by atoms with E-state index in [9.17, 15) is 9.59 Å². The van der Waals surface area contributed by atoms with Crippen molar-refractivity contribution in [1.82, 2.24) is 0 Å². The van der Waals surface area contributed by atoms with E-state index in [1.807, 2.05) is 0 Å². The standard InChI is InChI=1S/C31H46N6O8.6ClH/c32-5-11-40-26-17-22(18-27(41-12-6-33)30(26)44-15-9-36)1-3-24(38)21-25(39)4-2-23-19-28(42-13-7-34)31(45-16-10-37)29(20-23)43-14-8-35;;;;;;/h1-4,17-20H,5-16,21,32-37H2;6*1H/b3-1+,4-2+;;;;;;. The molecule has 2 aromatic rings. The highest BCUT2D eigenvalue weighted by molar-refractivity contribution is 6.11. The zero-order valence-corrected chi connectivity index (χ0v) is 32.9. The highest BCUT2D eigenvalue weighted by Gasteiger charge is 2.17. The molecule has 2 rings (SSSR count). The summed E-state index contributed by atoms with van der Waals surface area (Å²) in [5, 5.41) is 0. The van der Waals surface area contributed by atoms with Crippen LogP contribution in [0.15, 0.2) is 36.4 Å². The summed E-state index contributed by atoms with van der Waals surface area (Å²) in [5.74, 6) is 1.39. The highest BCUT2D eigenvalue weighted by Crippen LogP contribution is 2.40. The number of halogens is 6. The lowest BCUT2D eigenvalue weighted by Crippen LogP contribution is -2.16. The van der Waals surface area contributed by atoms with Gasteiger partial charge < -0.3 is 62.8 Å². The van der Waals surface area contributed by atoms with E-state index < -0.39 is 11.6 Å². The monoisotopic (exact) mass is 846 g/mol. The summed E-state index contributed by atoms with van der Waals surface area (Å²) in [6.07, 6.45) is 5.37. The number of rotatable bonds is 24. The summed E-state index contributed by atoms with van der Waals surface area (Å²) < 4.78 is 34.5. The molecule has 12 N–H and O–H groups in total. The Hall–Kier alpha value is -2.44. The molecule has 0 fully saturated rings. The average molecular weight is 850 g/mol. The van der Waals surface area contributed by atoms with Crippen LogP contribution < -0.4 is 62.8 Å². The van der Waals surface area contributed by atoms with Crippen LogP contribution in [0.1, 0.15) is 17.5 Å². The van der Waals surface area contributed by atoms with Crippen molar-refractivity contribution < 1.29 is 38.0 Å². The minimum atomic E-state index is -0.411. The molecule has 20 heteroatoms. The smallest absolute Gasteiger partial charge is 0.203 e. The maximum absolute atomic E-state index is 12.7. The minimum Gasteiger partial charge on any atom is -0.488 e. The van der Waals surface area contributed by atoms with Crippen LogP contribution in [0.5, 0.6) is 34.5 Å². The van der Waals surface area contributed by atoms with Gasteiger partial charge in [-0.25, -0.2) is 0 Å². The van der Waals surface area contributed by atoms with E-state index in [-0.39, 0.29) is 160 Å². The molecular formula is C31H52Cl6N6O8. The summed E-state index contributed by atoms with van der Waals surface area (Å²) in [6, 6.07) is 6.71. The van der Waals surface area contributed by atoms with Gasteiger partial charge in [-0.3, -0.25) is 9.59 Å². The minimum absolute atomic E-state index is 0. The Kier molecular flexibility index (Phi) is 39.3. The van der Waals surface area contributed by atoms with Crippen LogP contribution in [-0.4, -0.2) is 90.5 Å². The Bertz CT molecular complexity index is 1140. The van der Waals surface area contributed by atoms with Crippen molar-refractivity contribution in [2.75, 3.05) is 78.9 Å². The molecule has 0 aliphatic heterocycles. The van der Waals surface area contributed by atoms with Crippen LogP contribution in [0, 0.1) is 0 Å². The zero-order chi connectivity index (χ0) is 32.9. The summed E-state index contributed by atoms with van der Waals surface area (Å²) in [7, 11) is 0. The fourth-order valence-corrected chi connectivity index (χ4v) is 3.77. The number of carbonyl (C=O) groups is 2. The van der Waals surface area contributed by atoms with Crippen molar-refractivity contribution in [2.24, 2.45) is 34.4 Å². The van der Waals surface area contributed by atoms with Crippen molar-refractivity contribution in [2.45, 2.75) is 6.42 Å². The topological polar surface area (TPSA) is 246 Å². The predicted octanol–water partition coefficient (Wildman–Crippen LogP) is 2.50. The van der Waals surface area contributed by atoms with Gasteiger partial charge in [0.05, 0.1) is 6.42 Å². The fraction of sp³-hybridized carbons (Fsp3) is 0.419. The molecule has 0 heterocycles. The number of nitrogens with two attached hydrogens (primary N) is 6. The number of ether oxygens (including phenoxy) is 6. The van der Waals surface area contributed by atoms with E-state index in [4.69, 9.17) is 62.8 Å². The second kappa shape index (κ2) is 34.6. The Morgan fingerprint density at radius 1 is 0.431 bits per heavy atom. The van der Waals surface area contributed by atoms with E-state index in [2.05, 4.69) is 0 Å². The molecule has 0 atom stereocenters. The summed E-state index contributed by atoms with van der Waals surface area (Å²) in [6.45, 7) is 3.06. The van der Waals surface area contributed by atoms with E-state index in [0.717, 1.165) is 0 Å². The fourth-order valence-electron chi connectivity index (χ4n) is 3.77. The van der Waals surface area contributed by atoms with Gasteiger partial charge in [0.25, 0.3) is 0 Å². The van der Waals surface area contributed by atoms with Crippen molar-refractivity contribution in [3.63, 3.8) is 0 Å². The Morgan fingerprint density at radius 3 is 0.902 bits per heavy atom. The summed E-state index contributed by atoms with van der Waals surface area (Å²) >= 11 is 0. The summed E-state index contributed by atoms with van der Waals surface area (Å²) in [4.78, 5) is 25.4. The van der Waals surface area contributed by atoms with Crippen molar-refractivity contribution in [3.05, 3.63) is 47.5 Å². The maximum Gasteiger partial charge on any atom is 0.203 e.